The first-order valence-corrected chi connectivity index (χ1v) is 10.4. The fourth-order valence-corrected chi connectivity index (χ4v) is 5.08. The Morgan fingerprint density at radius 3 is 2.11 bits per heavy atom. The molecule has 1 aromatic heterocycles. The van der Waals surface area contributed by atoms with Crippen LogP contribution in [-0.4, -0.2) is 32.5 Å². The van der Waals surface area contributed by atoms with E-state index in [0.717, 1.165) is 38.0 Å². The summed E-state index contributed by atoms with van der Waals surface area (Å²) in [6.45, 7) is 0. The first-order chi connectivity index (χ1) is 13.7. The van der Waals surface area contributed by atoms with E-state index in [1.807, 2.05) is 82.4 Å². The van der Waals surface area contributed by atoms with Gasteiger partial charge in [-0.05, 0) is 0 Å². The van der Waals surface area contributed by atoms with Crippen molar-refractivity contribution in [3.63, 3.8) is 0 Å². The molecule has 0 N–H and O–H groups in total. The Morgan fingerprint density at radius 1 is 0.821 bits per heavy atom. The molecule has 0 amide bonds. The quantitative estimate of drug-likeness (QED) is 0.347. The summed E-state index contributed by atoms with van der Waals surface area (Å²) in [6, 6.07) is 21.6. The topological polar surface area (TPSA) is 40.5 Å². The van der Waals surface area contributed by atoms with Crippen LogP contribution in [0.3, 0.4) is 0 Å². The van der Waals surface area contributed by atoms with Gasteiger partial charge in [-0.25, -0.2) is 0 Å². The van der Waals surface area contributed by atoms with E-state index in [1.54, 1.807) is 14.2 Å². The molecule has 0 fully saturated rings. The van der Waals surface area contributed by atoms with Crippen LogP contribution in [0.4, 0.5) is 0 Å². The molecule has 0 saturated carbocycles. The molecule has 0 saturated heterocycles. The van der Waals surface area contributed by atoms with Crippen molar-refractivity contribution < 1.29 is 9.47 Å². The molecule has 5 heteroatoms. The standard InChI is InChI=1S/C23H19NO3Se/c1-26-19-13-17(14-20(15-19)27-2)8-7-16-9-11-18(12-10-16)24-23(25)21-5-3-4-6-22(21)28-24/h3-15H,1-2H3/b8-7-. The van der Waals surface area contributed by atoms with Gasteiger partial charge in [0.1, 0.15) is 0 Å². The summed E-state index contributed by atoms with van der Waals surface area (Å²) in [5, 5.41) is 0.818. The number of benzene rings is 3. The predicted octanol–water partition coefficient (Wildman–Crippen LogP) is 4.24. The Morgan fingerprint density at radius 2 is 1.46 bits per heavy atom. The third kappa shape index (κ3) is 3.68. The van der Waals surface area contributed by atoms with E-state index in [1.165, 1.54) is 0 Å². The van der Waals surface area contributed by atoms with E-state index in [9.17, 15) is 4.79 Å². The fraction of sp³-hybridized carbons (Fsp3) is 0.0870. The molecule has 28 heavy (non-hydrogen) atoms. The normalized spacial score (nSPS) is 11.2. The van der Waals surface area contributed by atoms with Gasteiger partial charge in [0.2, 0.25) is 0 Å². The van der Waals surface area contributed by atoms with Gasteiger partial charge in [-0.2, -0.15) is 0 Å². The van der Waals surface area contributed by atoms with Crippen LogP contribution in [-0.2, 0) is 0 Å². The molecule has 4 aromatic rings. The summed E-state index contributed by atoms with van der Waals surface area (Å²) < 4.78 is 13.6. The van der Waals surface area contributed by atoms with Crippen LogP contribution >= 0.6 is 0 Å². The molecule has 4 rings (SSSR count). The molecule has 0 aliphatic heterocycles. The zero-order valence-corrected chi connectivity index (χ0v) is 17.3. The Hall–Kier alpha value is -3.01. The maximum atomic E-state index is 12.6. The number of rotatable bonds is 5. The fourth-order valence-electron chi connectivity index (χ4n) is 2.98. The molecule has 0 unspecified atom stereocenters. The van der Waals surface area contributed by atoms with Gasteiger partial charge in [0.05, 0.1) is 0 Å². The molecular weight excluding hydrogens is 417 g/mol. The number of hydrogen-bond donors (Lipinski definition) is 0. The molecule has 0 spiro atoms. The van der Waals surface area contributed by atoms with Crippen molar-refractivity contribution in [1.29, 1.82) is 0 Å². The number of fused-ring (bicyclic) bond motifs is 1. The Labute approximate surface area is 169 Å². The van der Waals surface area contributed by atoms with Crippen molar-refractivity contribution in [1.82, 2.24) is 3.56 Å². The SMILES string of the molecule is COc1cc(/C=C\c2ccc(-n3[se]c4ccccc4c3=O)cc2)cc(OC)c1. The predicted molar refractivity (Wildman–Crippen MR) is 115 cm³/mol. The van der Waals surface area contributed by atoms with Gasteiger partial charge in [0.15, 0.2) is 0 Å². The van der Waals surface area contributed by atoms with Crippen molar-refractivity contribution in [2.24, 2.45) is 0 Å². The van der Waals surface area contributed by atoms with Crippen molar-refractivity contribution >= 4 is 36.5 Å². The van der Waals surface area contributed by atoms with E-state index in [2.05, 4.69) is 0 Å². The van der Waals surface area contributed by atoms with Crippen LogP contribution in [0.15, 0.2) is 71.5 Å². The molecule has 0 aliphatic carbocycles. The molecule has 3 aromatic carbocycles. The maximum absolute atomic E-state index is 12.6. The molecule has 0 bridgehead atoms. The van der Waals surface area contributed by atoms with Gasteiger partial charge in [-0.1, -0.05) is 0 Å². The average Bonchev–Trinajstić information content (AvgIpc) is 3.09. The van der Waals surface area contributed by atoms with Crippen molar-refractivity contribution in [3.8, 4) is 17.2 Å². The van der Waals surface area contributed by atoms with E-state index in [4.69, 9.17) is 9.47 Å². The minimum atomic E-state index is -0.0117. The summed E-state index contributed by atoms with van der Waals surface area (Å²) in [5.41, 5.74) is 3.07. The first-order valence-electron chi connectivity index (χ1n) is 8.80. The summed E-state index contributed by atoms with van der Waals surface area (Å²) in [4.78, 5) is 12.6. The van der Waals surface area contributed by atoms with Crippen LogP contribution in [0.2, 0.25) is 0 Å². The van der Waals surface area contributed by atoms with E-state index >= 15 is 0 Å². The van der Waals surface area contributed by atoms with Gasteiger partial charge in [-0.3, -0.25) is 0 Å². The van der Waals surface area contributed by atoms with E-state index < -0.39 is 0 Å². The molecule has 1 heterocycles. The van der Waals surface area contributed by atoms with Crippen LogP contribution < -0.4 is 15.0 Å². The molecule has 0 aliphatic rings. The average molecular weight is 436 g/mol. The number of nitrogens with zero attached hydrogens (tertiary/aromatic N) is 1. The van der Waals surface area contributed by atoms with E-state index in [0.29, 0.717) is 0 Å². The second kappa shape index (κ2) is 7.93. The molecule has 0 atom stereocenters. The number of hydrogen-bond acceptors (Lipinski definition) is 3. The van der Waals surface area contributed by atoms with Crippen LogP contribution in [0.5, 0.6) is 11.5 Å². The molecular formula is C23H19NO3Se. The van der Waals surface area contributed by atoms with Gasteiger partial charge < -0.3 is 0 Å². The summed E-state index contributed by atoms with van der Waals surface area (Å²) in [6.07, 6.45) is 4.05. The first kappa shape index (κ1) is 18.4. The summed E-state index contributed by atoms with van der Waals surface area (Å²) >= 11 is -0.0117. The second-order valence-electron chi connectivity index (χ2n) is 6.26. The summed E-state index contributed by atoms with van der Waals surface area (Å²) in [5.74, 6) is 1.51. The molecule has 140 valence electrons. The zero-order valence-electron chi connectivity index (χ0n) is 15.6. The van der Waals surface area contributed by atoms with E-state index in [-0.39, 0.29) is 20.3 Å². The number of methoxy groups -OCH3 is 2. The van der Waals surface area contributed by atoms with Crippen molar-refractivity contribution in [2.75, 3.05) is 14.2 Å². The van der Waals surface area contributed by atoms with Crippen molar-refractivity contribution in [2.45, 2.75) is 0 Å². The Bertz CT molecular complexity index is 1180. The zero-order chi connectivity index (χ0) is 19.5. The second-order valence-corrected chi connectivity index (χ2v) is 8.33. The van der Waals surface area contributed by atoms with Crippen LogP contribution in [0, 0.1) is 0 Å². The molecule has 4 nitrogen and oxygen atoms in total. The van der Waals surface area contributed by atoms with Gasteiger partial charge in [0.25, 0.3) is 0 Å². The minimum absolute atomic E-state index is 0.0117. The molecule has 0 radical (unpaired) electrons. The monoisotopic (exact) mass is 437 g/mol. The number of aromatic nitrogens is 1. The summed E-state index contributed by atoms with van der Waals surface area (Å²) in [7, 11) is 3.28. The number of ether oxygens (including phenoxy) is 2. The van der Waals surface area contributed by atoms with Crippen LogP contribution in [0.1, 0.15) is 11.1 Å². The van der Waals surface area contributed by atoms with Crippen LogP contribution in [0.25, 0.3) is 27.5 Å². The third-order valence-corrected chi connectivity index (χ3v) is 6.79. The van der Waals surface area contributed by atoms with Gasteiger partial charge >= 0.3 is 169 Å². The Kier molecular flexibility index (Phi) is 5.20. The van der Waals surface area contributed by atoms with Gasteiger partial charge in [0, 0.05) is 0 Å². The van der Waals surface area contributed by atoms with Crippen molar-refractivity contribution in [3.05, 3.63) is 88.2 Å². The van der Waals surface area contributed by atoms with Gasteiger partial charge in [-0.15, -0.1) is 0 Å². The third-order valence-electron chi connectivity index (χ3n) is 4.46. The Balaban J connectivity index is 1.61.